The molecule has 0 saturated heterocycles. The zero-order valence-corrected chi connectivity index (χ0v) is 32.0. The number of fused-ring (bicyclic) bond motifs is 3. The first-order valence-corrected chi connectivity index (χ1v) is 19.1. The first-order chi connectivity index (χ1) is 25.2. The largest absolute Gasteiger partial charge is 0.494 e. The Balaban J connectivity index is 0.954. The number of carboxylic acid groups (broad SMARTS) is 1. The number of carbonyl (C=O) groups excluding carboxylic acids is 2. The van der Waals surface area contributed by atoms with Crippen molar-refractivity contribution in [2.24, 2.45) is 0 Å². The van der Waals surface area contributed by atoms with Crippen LogP contribution >= 0.6 is 31.9 Å². The van der Waals surface area contributed by atoms with Crippen LogP contribution in [-0.4, -0.2) is 71.3 Å². The number of amides is 1. The summed E-state index contributed by atoms with van der Waals surface area (Å²) in [7, 11) is 0. The maximum absolute atomic E-state index is 12.4. The lowest BCUT2D eigenvalue weighted by Gasteiger charge is -2.16. The van der Waals surface area contributed by atoms with Crippen LogP contribution in [0.5, 0.6) is 5.75 Å². The van der Waals surface area contributed by atoms with Crippen LogP contribution in [0.15, 0.2) is 93.9 Å². The molecule has 5 rings (SSSR count). The van der Waals surface area contributed by atoms with Crippen LogP contribution in [0.3, 0.4) is 0 Å². The van der Waals surface area contributed by atoms with Gasteiger partial charge >= 0.3 is 5.97 Å². The van der Waals surface area contributed by atoms with Crippen molar-refractivity contribution in [1.29, 1.82) is 0 Å². The molecule has 0 aliphatic rings. The van der Waals surface area contributed by atoms with Crippen molar-refractivity contribution in [2.75, 3.05) is 31.6 Å². The summed E-state index contributed by atoms with van der Waals surface area (Å²) in [5.74, 6) is -0.790. The number of hydrogen-bond donors (Lipinski definition) is 5. The minimum Gasteiger partial charge on any atom is -0.494 e. The number of hydrogen-bond acceptors (Lipinski definition) is 7. The highest BCUT2D eigenvalue weighted by atomic mass is 79.9. The van der Waals surface area contributed by atoms with Crippen molar-refractivity contribution >= 4 is 77.5 Å². The van der Waals surface area contributed by atoms with E-state index in [4.69, 9.17) is 4.74 Å². The van der Waals surface area contributed by atoms with E-state index >= 15 is 0 Å². The second-order valence-corrected chi connectivity index (χ2v) is 14.5. The topological polar surface area (TPSA) is 142 Å². The molecule has 0 radical (unpaired) electrons. The van der Waals surface area contributed by atoms with Crippen LogP contribution in [-0.2, 0) is 11.3 Å². The summed E-state index contributed by atoms with van der Waals surface area (Å²) in [5.41, 5.74) is 3.14. The number of carboxylic acids is 1. The Hall–Kier alpha value is -4.23. The SMILES string of the molecule is O=CC(CCCCNC(=O)c1ccccc1C(=O)O)NCCCCCOc1cccc(NCC(O)Cn2c3ccc(Br)cc3c3cc(Br)ccc32)c1. The minimum absolute atomic E-state index is 0.0261. The smallest absolute Gasteiger partial charge is 0.336 e. The second kappa shape index (κ2) is 19.6. The fourth-order valence-electron chi connectivity index (χ4n) is 6.21. The van der Waals surface area contributed by atoms with E-state index in [1.54, 1.807) is 12.1 Å². The standard InChI is InChI=1S/C40H44Br2N4O6/c41-27-14-16-37-35(21-27)36-22-28(42)15-17-38(36)46(37)25-31(48)24-45-29-10-8-11-32(23-29)52-20-7-1-5-18-43-30(26-47)9-4-6-19-44-39(49)33-12-2-3-13-34(33)40(50)51/h2-3,8,10-17,21-23,26,30-31,43,45,48H,1,4-7,9,18-20,24-25H2,(H,44,49)(H,50,51). The summed E-state index contributed by atoms with van der Waals surface area (Å²) in [6.45, 7) is 2.53. The van der Waals surface area contributed by atoms with Crippen LogP contribution in [0.1, 0.15) is 59.2 Å². The number of aromatic nitrogens is 1. The summed E-state index contributed by atoms with van der Waals surface area (Å²) in [6.07, 6.45) is 5.12. The minimum atomic E-state index is -1.14. The molecule has 2 unspecified atom stereocenters. The number of aliphatic hydroxyl groups excluding tert-OH is 1. The fraction of sp³-hybridized carbons (Fsp3) is 0.325. The van der Waals surface area contributed by atoms with Crippen molar-refractivity contribution in [3.63, 3.8) is 0 Å². The number of aliphatic hydroxyl groups is 1. The van der Waals surface area contributed by atoms with Gasteiger partial charge < -0.3 is 40.3 Å². The molecule has 0 aliphatic heterocycles. The van der Waals surface area contributed by atoms with Gasteiger partial charge in [0.25, 0.3) is 5.91 Å². The lowest BCUT2D eigenvalue weighted by atomic mass is 10.1. The summed E-state index contributed by atoms with van der Waals surface area (Å²) in [4.78, 5) is 35.3. The molecule has 52 heavy (non-hydrogen) atoms. The number of anilines is 1. The molecule has 0 aliphatic carbocycles. The van der Waals surface area contributed by atoms with Crippen LogP contribution in [0.2, 0.25) is 0 Å². The number of nitrogens with zero attached hydrogens (tertiary/aromatic N) is 1. The molecule has 0 fully saturated rings. The van der Waals surface area contributed by atoms with E-state index in [1.807, 2.05) is 36.4 Å². The summed E-state index contributed by atoms with van der Waals surface area (Å²) in [6, 6.07) is 26.1. The van der Waals surface area contributed by atoms with E-state index < -0.39 is 18.0 Å². The van der Waals surface area contributed by atoms with Gasteiger partial charge in [0, 0.05) is 55.6 Å². The van der Waals surface area contributed by atoms with Gasteiger partial charge in [-0.1, -0.05) is 50.1 Å². The normalized spacial score (nSPS) is 12.4. The molecule has 5 N–H and O–H groups in total. The molecular weight excluding hydrogens is 792 g/mol. The van der Waals surface area contributed by atoms with Crippen molar-refractivity contribution in [2.45, 2.75) is 57.2 Å². The zero-order valence-electron chi connectivity index (χ0n) is 28.8. The molecule has 274 valence electrons. The van der Waals surface area contributed by atoms with Crippen molar-refractivity contribution in [3.8, 4) is 5.75 Å². The third kappa shape index (κ3) is 10.9. The first kappa shape index (κ1) is 39.0. The lowest BCUT2D eigenvalue weighted by molar-refractivity contribution is -0.109. The van der Waals surface area contributed by atoms with Gasteiger partial charge in [-0.3, -0.25) is 4.79 Å². The van der Waals surface area contributed by atoms with E-state index in [0.29, 0.717) is 39.1 Å². The number of carbonyl (C=O) groups is 3. The van der Waals surface area contributed by atoms with Crippen molar-refractivity contribution in [1.82, 2.24) is 15.2 Å². The molecule has 1 amide bonds. The maximum atomic E-state index is 12.4. The molecule has 0 saturated carbocycles. The predicted molar refractivity (Wildman–Crippen MR) is 213 cm³/mol. The molecule has 2 atom stereocenters. The molecule has 5 aromatic rings. The second-order valence-electron chi connectivity index (χ2n) is 12.7. The quantitative estimate of drug-likeness (QED) is 0.0373. The Morgan fingerprint density at radius 2 is 1.50 bits per heavy atom. The summed E-state index contributed by atoms with van der Waals surface area (Å²) < 4.78 is 10.2. The van der Waals surface area contributed by atoms with Crippen molar-refractivity contribution in [3.05, 3.63) is 105 Å². The van der Waals surface area contributed by atoms with E-state index in [0.717, 1.165) is 80.7 Å². The molecule has 12 heteroatoms. The van der Waals surface area contributed by atoms with Gasteiger partial charge in [0.15, 0.2) is 0 Å². The van der Waals surface area contributed by atoms with Gasteiger partial charge in [-0.05, 0) is 106 Å². The molecule has 1 aromatic heterocycles. The Kier molecular flexibility index (Phi) is 14.7. The first-order valence-electron chi connectivity index (χ1n) is 17.5. The van der Waals surface area contributed by atoms with Crippen LogP contribution < -0.4 is 20.7 Å². The number of halogens is 2. The van der Waals surface area contributed by atoms with Gasteiger partial charge in [-0.25, -0.2) is 4.79 Å². The van der Waals surface area contributed by atoms with Gasteiger partial charge in [0.2, 0.25) is 0 Å². The van der Waals surface area contributed by atoms with Gasteiger partial charge in [-0.15, -0.1) is 0 Å². The third-order valence-electron chi connectivity index (χ3n) is 8.85. The third-order valence-corrected chi connectivity index (χ3v) is 9.83. The molecule has 0 spiro atoms. The average molecular weight is 837 g/mol. The van der Waals surface area contributed by atoms with E-state index in [-0.39, 0.29) is 17.2 Å². The molecule has 1 heterocycles. The molecule has 0 bridgehead atoms. The Morgan fingerprint density at radius 1 is 0.808 bits per heavy atom. The molecule has 4 aromatic carbocycles. The number of unbranched alkanes of at least 4 members (excludes halogenated alkanes) is 3. The number of ether oxygens (including phenoxy) is 1. The number of aromatic carboxylic acids is 1. The predicted octanol–water partition coefficient (Wildman–Crippen LogP) is 7.80. The fourth-order valence-corrected chi connectivity index (χ4v) is 6.93. The monoisotopic (exact) mass is 834 g/mol. The van der Waals surface area contributed by atoms with Crippen molar-refractivity contribution < 1.29 is 29.3 Å². The number of rotatable bonds is 21. The van der Waals surface area contributed by atoms with Crippen LogP contribution in [0.4, 0.5) is 5.69 Å². The van der Waals surface area contributed by atoms with Crippen LogP contribution in [0, 0.1) is 0 Å². The lowest BCUT2D eigenvalue weighted by Crippen LogP contribution is -2.31. The van der Waals surface area contributed by atoms with Gasteiger partial charge in [-0.2, -0.15) is 0 Å². The Morgan fingerprint density at radius 3 is 2.19 bits per heavy atom. The van der Waals surface area contributed by atoms with E-state index in [9.17, 15) is 24.6 Å². The highest BCUT2D eigenvalue weighted by Gasteiger charge is 2.16. The number of aldehydes is 1. The number of benzene rings is 4. The summed E-state index contributed by atoms with van der Waals surface area (Å²) in [5, 5.41) is 32.0. The Bertz CT molecular complexity index is 1920. The molecular formula is C40H44Br2N4O6. The number of nitrogens with one attached hydrogen (secondary N) is 3. The van der Waals surface area contributed by atoms with E-state index in [1.165, 1.54) is 12.1 Å². The van der Waals surface area contributed by atoms with Gasteiger partial charge in [0.1, 0.15) is 12.0 Å². The average Bonchev–Trinajstić information content (AvgIpc) is 3.43. The van der Waals surface area contributed by atoms with Crippen LogP contribution in [0.25, 0.3) is 21.8 Å². The molecule has 10 nitrogen and oxygen atoms in total. The van der Waals surface area contributed by atoms with Gasteiger partial charge in [0.05, 0.1) is 36.4 Å². The Labute approximate surface area is 320 Å². The zero-order chi connectivity index (χ0) is 36.9. The highest BCUT2D eigenvalue weighted by Crippen LogP contribution is 2.33. The van der Waals surface area contributed by atoms with E-state index in [2.05, 4.69) is 76.6 Å². The highest BCUT2D eigenvalue weighted by molar-refractivity contribution is 9.10. The summed E-state index contributed by atoms with van der Waals surface area (Å²) >= 11 is 7.18. The maximum Gasteiger partial charge on any atom is 0.336 e.